The zero-order valence-corrected chi connectivity index (χ0v) is 16.6. The zero-order valence-electron chi connectivity index (χ0n) is 15.0. The van der Waals surface area contributed by atoms with Gasteiger partial charge in [-0.15, -0.1) is 0 Å². The number of halogens is 1. The van der Waals surface area contributed by atoms with Crippen molar-refractivity contribution in [2.45, 2.75) is 19.8 Å². The molecule has 26 heavy (non-hydrogen) atoms. The summed E-state index contributed by atoms with van der Waals surface area (Å²) in [6.07, 6.45) is 1.03. The fraction of sp³-hybridized carbons (Fsp3) is 0.316. The van der Waals surface area contributed by atoms with Crippen LogP contribution in [0.25, 0.3) is 0 Å². The first kappa shape index (κ1) is 20.3. The van der Waals surface area contributed by atoms with Crippen molar-refractivity contribution in [2.75, 3.05) is 17.5 Å². The zero-order chi connectivity index (χ0) is 19.3. The van der Waals surface area contributed by atoms with Gasteiger partial charge < -0.3 is 5.32 Å². The second-order valence-electron chi connectivity index (χ2n) is 6.54. The van der Waals surface area contributed by atoms with Crippen molar-refractivity contribution in [3.8, 4) is 0 Å². The predicted octanol–water partition coefficient (Wildman–Crippen LogP) is 3.88. The Labute approximate surface area is 159 Å². The van der Waals surface area contributed by atoms with E-state index in [0.29, 0.717) is 18.0 Å². The van der Waals surface area contributed by atoms with E-state index in [2.05, 4.69) is 23.9 Å². The van der Waals surface area contributed by atoms with Crippen molar-refractivity contribution in [3.05, 3.63) is 64.7 Å². The van der Waals surface area contributed by atoms with Gasteiger partial charge in [0.15, 0.2) is 0 Å². The van der Waals surface area contributed by atoms with E-state index in [1.54, 1.807) is 6.07 Å². The van der Waals surface area contributed by atoms with Crippen LogP contribution in [-0.4, -0.2) is 27.1 Å². The molecular weight excluding hydrogens is 372 g/mol. The smallest absolute Gasteiger partial charge is 0.251 e. The number of anilines is 1. The first-order valence-electron chi connectivity index (χ1n) is 8.28. The van der Waals surface area contributed by atoms with Crippen LogP contribution >= 0.6 is 11.6 Å². The fourth-order valence-corrected chi connectivity index (χ4v) is 3.48. The summed E-state index contributed by atoms with van der Waals surface area (Å²) in [5.41, 5.74) is 1.69. The molecule has 2 rings (SSSR count). The Balaban J connectivity index is 2.13. The molecule has 0 aromatic heterocycles. The lowest BCUT2D eigenvalue weighted by atomic mass is 9.88. The maximum absolute atomic E-state index is 12.5. The van der Waals surface area contributed by atoms with E-state index in [-0.39, 0.29) is 22.5 Å². The Hall–Kier alpha value is -2.05. The highest BCUT2D eigenvalue weighted by molar-refractivity contribution is 7.92. The molecule has 0 unspecified atom stereocenters. The molecule has 0 saturated carbocycles. The number of sulfonamides is 1. The highest BCUT2D eigenvalue weighted by atomic mass is 35.5. The number of rotatable bonds is 7. The van der Waals surface area contributed by atoms with E-state index in [1.165, 1.54) is 17.7 Å². The van der Waals surface area contributed by atoms with Gasteiger partial charge in [-0.3, -0.25) is 9.52 Å². The number of carbonyl (C=O) groups is 1. The third kappa shape index (κ3) is 5.75. The molecule has 7 heteroatoms. The van der Waals surface area contributed by atoms with Gasteiger partial charge in [0.2, 0.25) is 10.0 Å². The molecule has 0 fully saturated rings. The Morgan fingerprint density at radius 3 is 2.35 bits per heavy atom. The van der Waals surface area contributed by atoms with Crippen LogP contribution in [0.4, 0.5) is 5.69 Å². The summed E-state index contributed by atoms with van der Waals surface area (Å²) in [7, 11) is -3.48. The lowest BCUT2D eigenvalue weighted by Crippen LogP contribution is -2.30. The van der Waals surface area contributed by atoms with Gasteiger partial charge in [0.1, 0.15) is 0 Å². The number of amides is 1. The van der Waals surface area contributed by atoms with Gasteiger partial charge >= 0.3 is 0 Å². The van der Waals surface area contributed by atoms with Crippen LogP contribution in [0.2, 0.25) is 5.02 Å². The highest BCUT2D eigenvalue weighted by Crippen LogP contribution is 2.25. The van der Waals surface area contributed by atoms with Crippen LogP contribution in [0.3, 0.4) is 0 Å². The van der Waals surface area contributed by atoms with Gasteiger partial charge in [0, 0.05) is 18.0 Å². The largest absolute Gasteiger partial charge is 0.351 e. The predicted molar refractivity (Wildman–Crippen MR) is 106 cm³/mol. The SMILES string of the molecule is CC(C)[C@@H](CNC(=O)c1ccc(Cl)c(NS(C)(=O)=O)c1)c1ccccc1. The van der Waals surface area contributed by atoms with E-state index in [4.69, 9.17) is 11.6 Å². The maximum atomic E-state index is 12.5. The topological polar surface area (TPSA) is 75.3 Å². The molecule has 140 valence electrons. The van der Waals surface area contributed by atoms with E-state index < -0.39 is 10.0 Å². The van der Waals surface area contributed by atoms with Gasteiger partial charge in [-0.25, -0.2) is 8.42 Å². The molecule has 1 atom stereocenters. The van der Waals surface area contributed by atoms with Crippen LogP contribution in [0.15, 0.2) is 48.5 Å². The summed E-state index contributed by atoms with van der Waals surface area (Å²) in [6.45, 7) is 4.71. The molecular formula is C19H23ClN2O3S. The summed E-state index contributed by atoms with van der Waals surface area (Å²) in [6, 6.07) is 14.5. The molecule has 5 nitrogen and oxygen atoms in total. The molecule has 2 aromatic rings. The van der Waals surface area contributed by atoms with E-state index in [1.807, 2.05) is 30.3 Å². The molecule has 0 aliphatic rings. The minimum atomic E-state index is -3.48. The first-order chi connectivity index (χ1) is 12.2. The van der Waals surface area contributed by atoms with Crippen molar-refractivity contribution in [1.29, 1.82) is 0 Å². The standard InChI is InChI=1S/C19H23ClN2O3S/c1-13(2)16(14-7-5-4-6-8-14)12-21-19(23)15-9-10-17(20)18(11-15)22-26(3,24)25/h4-11,13,16,22H,12H2,1-3H3,(H,21,23)/t16-/m1/s1. The molecule has 0 radical (unpaired) electrons. The minimum Gasteiger partial charge on any atom is -0.351 e. The lowest BCUT2D eigenvalue weighted by Gasteiger charge is -2.22. The van der Waals surface area contributed by atoms with Crippen LogP contribution < -0.4 is 10.0 Å². The van der Waals surface area contributed by atoms with E-state index >= 15 is 0 Å². The molecule has 0 bridgehead atoms. The number of benzene rings is 2. The second-order valence-corrected chi connectivity index (χ2v) is 8.70. The first-order valence-corrected chi connectivity index (χ1v) is 10.5. The Morgan fingerprint density at radius 2 is 1.77 bits per heavy atom. The molecule has 2 N–H and O–H groups in total. The number of carbonyl (C=O) groups excluding carboxylic acids is 1. The summed E-state index contributed by atoms with van der Waals surface area (Å²) in [5.74, 6) is 0.256. The monoisotopic (exact) mass is 394 g/mol. The van der Waals surface area contributed by atoms with Crippen molar-refractivity contribution in [2.24, 2.45) is 5.92 Å². The Kier molecular flexibility index (Phi) is 6.67. The maximum Gasteiger partial charge on any atom is 0.251 e. The molecule has 0 saturated heterocycles. The second kappa shape index (κ2) is 8.56. The third-order valence-corrected chi connectivity index (χ3v) is 4.96. The van der Waals surface area contributed by atoms with Crippen molar-refractivity contribution in [3.63, 3.8) is 0 Å². The average Bonchev–Trinajstić information content (AvgIpc) is 2.56. The summed E-state index contributed by atoms with van der Waals surface area (Å²) in [4.78, 5) is 12.5. The van der Waals surface area contributed by atoms with Crippen LogP contribution in [0.5, 0.6) is 0 Å². The molecule has 1 amide bonds. The molecule has 0 spiro atoms. The van der Waals surface area contributed by atoms with E-state index in [0.717, 1.165) is 6.26 Å². The van der Waals surface area contributed by atoms with Crippen molar-refractivity contribution in [1.82, 2.24) is 5.32 Å². The van der Waals surface area contributed by atoms with E-state index in [9.17, 15) is 13.2 Å². The summed E-state index contributed by atoms with van der Waals surface area (Å²) < 4.78 is 25.1. The van der Waals surface area contributed by atoms with Crippen LogP contribution in [0, 0.1) is 5.92 Å². The fourth-order valence-electron chi connectivity index (χ4n) is 2.69. The average molecular weight is 395 g/mol. The van der Waals surface area contributed by atoms with Gasteiger partial charge in [-0.05, 0) is 29.7 Å². The Bertz CT molecular complexity index is 868. The number of hydrogen-bond acceptors (Lipinski definition) is 3. The van der Waals surface area contributed by atoms with Gasteiger partial charge in [0.05, 0.1) is 17.0 Å². The Morgan fingerprint density at radius 1 is 1.12 bits per heavy atom. The van der Waals surface area contributed by atoms with Crippen molar-refractivity contribution < 1.29 is 13.2 Å². The summed E-state index contributed by atoms with van der Waals surface area (Å²) >= 11 is 6.00. The van der Waals surface area contributed by atoms with Crippen molar-refractivity contribution >= 4 is 33.2 Å². The van der Waals surface area contributed by atoms with Gasteiger partial charge in [0.25, 0.3) is 5.91 Å². The van der Waals surface area contributed by atoms with Crippen LogP contribution in [-0.2, 0) is 10.0 Å². The molecule has 2 aromatic carbocycles. The molecule has 0 aliphatic heterocycles. The third-order valence-electron chi connectivity index (χ3n) is 4.04. The molecule has 0 aliphatic carbocycles. The minimum absolute atomic E-state index is 0.182. The van der Waals surface area contributed by atoms with Crippen LogP contribution in [0.1, 0.15) is 35.7 Å². The number of hydrogen-bond donors (Lipinski definition) is 2. The van der Waals surface area contributed by atoms with Gasteiger partial charge in [-0.2, -0.15) is 0 Å². The quantitative estimate of drug-likeness (QED) is 0.748. The van der Waals surface area contributed by atoms with Gasteiger partial charge in [-0.1, -0.05) is 55.8 Å². The lowest BCUT2D eigenvalue weighted by molar-refractivity contribution is 0.0949. The summed E-state index contributed by atoms with van der Waals surface area (Å²) in [5, 5.41) is 3.16. The number of nitrogens with one attached hydrogen (secondary N) is 2. The normalized spacial score (nSPS) is 12.7. The highest BCUT2D eigenvalue weighted by Gasteiger charge is 2.18. The molecule has 0 heterocycles.